The molecule has 2 aromatic rings. The number of pyridine rings is 1. The first-order valence-electron chi connectivity index (χ1n) is 6.16. The molecule has 0 aliphatic carbocycles. The summed E-state index contributed by atoms with van der Waals surface area (Å²) in [5, 5.41) is 8.65. The predicted octanol–water partition coefficient (Wildman–Crippen LogP) is 3.17. The summed E-state index contributed by atoms with van der Waals surface area (Å²) in [6.45, 7) is 4.47. The van der Waals surface area contributed by atoms with E-state index in [4.69, 9.17) is 0 Å². The van der Waals surface area contributed by atoms with Crippen LogP contribution in [0.1, 0.15) is 32.5 Å². The summed E-state index contributed by atoms with van der Waals surface area (Å²) in [7, 11) is 0. The molecule has 3 heterocycles. The van der Waals surface area contributed by atoms with Crippen molar-refractivity contribution in [1.82, 2.24) is 19.7 Å². The van der Waals surface area contributed by atoms with Crippen LogP contribution in [-0.4, -0.2) is 19.7 Å². The summed E-state index contributed by atoms with van der Waals surface area (Å²) in [6.07, 6.45) is 3.33. The molecule has 0 saturated carbocycles. The summed E-state index contributed by atoms with van der Waals surface area (Å²) < 4.78 is 3.07. The van der Waals surface area contributed by atoms with E-state index in [1.54, 1.807) is 0 Å². The molecule has 0 fully saturated rings. The van der Waals surface area contributed by atoms with Crippen molar-refractivity contribution in [3.05, 3.63) is 28.6 Å². The molecule has 94 valence electrons. The molecular weight excluding hydrogens is 292 g/mol. The van der Waals surface area contributed by atoms with E-state index in [-0.39, 0.29) is 5.54 Å². The molecule has 0 spiro atoms. The summed E-state index contributed by atoms with van der Waals surface area (Å²) in [6, 6.07) is 5.87. The molecule has 5 heteroatoms. The summed E-state index contributed by atoms with van der Waals surface area (Å²) in [5.41, 5.74) is 0.939. The van der Waals surface area contributed by atoms with Gasteiger partial charge < -0.3 is 4.57 Å². The first-order valence-corrected chi connectivity index (χ1v) is 6.95. The third-order valence-corrected chi connectivity index (χ3v) is 3.91. The van der Waals surface area contributed by atoms with Gasteiger partial charge in [-0.05, 0) is 54.8 Å². The SMILES string of the molecule is CC1(C)CCCc2nnc(-c3cccc(Br)n3)n21. The summed E-state index contributed by atoms with van der Waals surface area (Å²) in [4.78, 5) is 4.48. The first-order chi connectivity index (χ1) is 8.58. The fourth-order valence-corrected chi connectivity index (χ4v) is 2.95. The predicted molar refractivity (Wildman–Crippen MR) is 73.2 cm³/mol. The molecule has 0 bridgehead atoms. The first kappa shape index (κ1) is 11.8. The maximum atomic E-state index is 4.48. The van der Waals surface area contributed by atoms with Crippen molar-refractivity contribution in [2.24, 2.45) is 0 Å². The van der Waals surface area contributed by atoms with E-state index in [1.165, 1.54) is 6.42 Å². The second-order valence-electron chi connectivity index (χ2n) is 5.29. The number of hydrogen-bond donors (Lipinski definition) is 0. The van der Waals surface area contributed by atoms with Crippen LogP contribution in [0.3, 0.4) is 0 Å². The van der Waals surface area contributed by atoms with Gasteiger partial charge in [0.2, 0.25) is 0 Å². The topological polar surface area (TPSA) is 43.6 Å². The Balaban J connectivity index is 2.17. The van der Waals surface area contributed by atoms with Crippen molar-refractivity contribution in [1.29, 1.82) is 0 Å². The molecule has 2 aromatic heterocycles. The van der Waals surface area contributed by atoms with Crippen molar-refractivity contribution in [2.75, 3.05) is 0 Å². The van der Waals surface area contributed by atoms with E-state index in [9.17, 15) is 0 Å². The molecule has 1 aliphatic rings. The minimum absolute atomic E-state index is 0.0659. The lowest BCUT2D eigenvalue weighted by molar-refractivity contribution is 0.282. The fourth-order valence-electron chi connectivity index (χ4n) is 2.60. The molecule has 0 N–H and O–H groups in total. The van der Waals surface area contributed by atoms with Gasteiger partial charge in [-0.3, -0.25) is 0 Å². The standard InChI is InChI=1S/C13H15BrN4/c1-13(2)8-4-7-11-16-17-12(18(11)13)9-5-3-6-10(14)15-9/h3,5-6H,4,7-8H2,1-2H3. The Kier molecular flexibility index (Phi) is 2.73. The number of aryl methyl sites for hydroxylation is 1. The van der Waals surface area contributed by atoms with Gasteiger partial charge in [0.25, 0.3) is 0 Å². The van der Waals surface area contributed by atoms with Crippen molar-refractivity contribution in [3.63, 3.8) is 0 Å². The monoisotopic (exact) mass is 306 g/mol. The lowest BCUT2D eigenvalue weighted by Gasteiger charge is -2.33. The highest BCUT2D eigenvalue weighted by molar-refractivity contribution is 9.10. The van der Waals surface area contributed by atoms with E-state index in [2.05, 4.69) is 49.5 Å². The van der Waals surface area contributed by atoms with Crippen LogP contribution in [0.2, 0.25) is 0 Å². The molecule has 1 aliphatic heterocycles. The van der Waals surface area contributed by atoms with E-state index in [1.807, 2.05) is 18.2 Å². The molecule has 0 atom stereocenters. The number of halogens is 1. The minimum Gasteiger partial charge on any atom is -0.304 e. The highest BCUT2D eigenvalue weighted by Crippen LogP contribution is 2.33. The van der Waals surface area contributed by atoms with Crippen LogP contribution in [0, 0.1) is 0 Å². The highest BCUT2D eigenvalue weighted by Gasteiger charge is 2.31. The van der Waals surface area contributed by atoms with Gasteiger partial charge >= 0.3 is 0 Å². The molecule has 18 heavy (non-hydrogen) atoms. The Labute approximate surface area is 115 Å². The molecule has 0 saturated heterocycles. The van der Waals surface area contributed by atoms with Crippen LogP contribution in [0.5, 0.6) is 0 Å². The van der Waals surface area contributed by atoms with Gasteiger partial charge in [-0.25, -0.2) is 4.98 Å². The molecule has 0 aromatic carbocycles. The van der Waals surface area contributed by atoms with Crippen LogP contribution in [0.25, 0.3) is 11.5 Å². The van der Waals surface area contributed by atoms with Crippen molar-refractivity contribution in [2.45, 2.75) is 38.6 Å². The zero-order valence-electron chi connectivity index (χ0n) is 10.5. The minimum atomic E-state index is 0.0659. The Hall–Kier alpha value is -1.23. The lowest BCUT2D eigenvalue weighted by Crippen LogP contribution is -2.32. The maximum absolute atomic E-state index is 4.48. The highest BCUT2D eigenvalue weighted by atomic mass is 79.9. The number of fused-ring (bicyclic) bond motifs is 1. The van der Waals surface area contributed by atoms with Gasteiger partial charge in [-0.1, -0.05) is 6.07 Å². The Morgan fingerprint density at radius 3 is 2.89 bits per heavy atom. The maximum Gasteiger partial charge on any atom is 0.183 e. The van der Waals surface area contributed by atoms with Crippen LogP contribution < -0.4 is 0 Å². The van der Waals surface area contributed by atoms with Gasteiger partial charge in [-0.15, -0.1) is 10.2 Å². The largest absolute Gasteiger partial charge is 0.304 e. The zero-order valence-corrected chi connectivity index (χ0v) is 12.1. The third kappa shape index (κ3) is 1.86. The fraction of sp³-hybridized carbons (Fsp3) is 0.462. The lowest BCUT2D eigenvalue weighted by atomic mass is 9.92. The smallest absolute Gasteiger partial charge is 0.183 e. The number of aromatic nitrogens is 4. The average molecular weight is 307 g/mol. The van der Waals surface area contributed by atoms with E-state index in [0.29, 0.717) is 0 Å². The molecule has 0 unspecified atom stereocenters. The van der Waals surface area contributed by atoms with Gasteiger partial charge in [0.15, 0.2) is 5.82 Å². The molecule has 4 nitrogen and oxygen atoms in total. The van der Waals surface area contributed by atoms with Crippen LogP contribution in [-0.2, 0) is 12.0 Å². The Bertz CT molecular complexity index is 588. The van der Waals surface area contributed by atoms with E-state index in [0.717, 1.165) is 34.8 Å². The van der Waals surface area contributed by atoms with Gasteiger partial charge in [0.1, 0.15) is 16.1 Å². The zero-order chi connectivity index (χ0) is 12.8. The molecule has 0 amide bonds. The van der Waals surface area contributed by atoms with Crippen LogP contribution in [0.4, 0.5) is 0 Å². The average Bonchev–Trinajstić information content (AvgIpc) is 2.74. The molecular formula is C13H15BrN4. The number of rotatable bonds is 1. The summed E-state index contributed by atoms with van der Waals surface area (Å²) in [5.74, 6) is 1.94. The van der Waals surface area contributed by atoms with Crippen molar-refractivity contribution < 1.29 is 0 Å². The normalized spacial score (nSPS) is 17.5. The van der Waals surface area contributed by atoms with Crippen LogP contribution in [0.15, 0.2) is 22.8 Å². The second kappa shape index (κ2) is 4.16. The van der Waals surface area contributed by atoms with Gasteiger partial charge in [-0.2, -0.15) is 0 Å². The molecule has 3 rings (SSSR count). The Morgan fingerprint density at radius 1 is 1.28 bits per heavy atom. The number of nitrogens with zero attached hydrogens (tertiary/aromatic N) is 4. The third-order valence-electron chi connectivity index (χ3n) is 3.47. The molecule has 0 radical (unpaired) electrons. The van der Waals surface area contributed by atoms with Crippen molar-refractivity contribution >= 4 is 15.9 Å². The van der Waals surface area contributed by atoms with Crippen LogP contribution >= 0.6 is 15.9 Å². The van der Waals surface area contributed by atoms with E-state index < -0.39 is 0 Å². The van der Waals surface area contributed by atoms with Gasteiger partial charge in [0, 0.05) is 12.0 Å². The van der Waals surface area contributed by atoms with Crippen molar-refractivity contribution in [3.8, 4) is 11.5 Å². The Morgan fingerprint density at radius 2 is 2.11 bits per heavy atom. The summed E-state index contributed by atoms with van der Waals surface area (Å²) >= 11 is 3.40. The second-order valence-corrected chi connectivity index (χ2v) is 6.10. The van der Waals surface area contributed by atoms with Gasteiger partial charge in [0.05, 0.1) is 0 Å². The number of hydrogen-bond acceptors (Lipinski definition) is 3. The van der Waals surface area contributed by atoms with E-state index >= 15 is 0 Å². The quantitative estimate of drug-likeness (QED) is 0.760.